The molecule has 2 heterocycles. The summed E-state index contributed by atoms with van der Waals surface area (Å²) < 4.78 is 7.62. The number of amides is 1. The lowest BCUT2D eigenvalue weighted by Gasteiger charge is -2.21. The quantitative estimate of drug-likeness (QED) is 0.933. The molecule has 0 radical (unpaired) electrons. The lowest BCUT2D eigenvalue weighted by atomic mass is 10.0. The Labute approximate surface area is 124 Å². The number of imidazole rings is 1. The Morgan fingerprint density at radius 1 is 1.48 bits per heavy atom. The first-order valence-corrected chi connectivity index (χ1v) is 7.43. The first-order chi connectivity index (χ1) is 10.1. The van der Waals surface area contributed by atoms with E-state index in [-0.39, 0.29) is 5.91 Å². The monoisotopic (exact) mass is 287 g/mol. The molecule has 5 heteroatoms. The number of hydrogen-bond acceptors (Lipinski definition) is 3. The zero-order valence-electron chi connectivity index (χ0n) is 12.6. The van der Waals surface area contributed by atoms with Gasteiger partial charge in [-0.15, -0.1) is 0 Å². The summed E-state index contributed by atoms with van der Waals surface area (Å²) in [5.41, 5.74) is 1.46. The molecule has 0 bridgehead atoms. The van der Waals surface area contributed by atoms with Crippen LogP contribution in [0.3, 0.4) is 0 Å². The van der Waals surface area contributed by atoms with Gasteiger partial charge in [-0.3, -0.25) is 4.79 Å². The zero-order chi connectivity index (χ0) is 14.9. The summed E-state index contributed by atoms with van der Waals surface area (Å²) in [5.74, 6) is 0.966. The molecule has 1 saturated heterocycles. The fourth-order valence-electron chi connectivity index (χ4n) is 2.85. The van der Waals surface area contributed by atoms with E-state index in [0.717, 1.165) is 29.7 Å². The number of carbonyl (C=O) groups is 1. The maximum Gasteiger partial charge on any atom is 0.251 e. The molecule has 1 aromatic carbocycles. The van der Waals surface area contributed by atoms with Crippen LogP contribution in [0.4, 0.5) is 0 Å². The lowest BCUT2D eigenvalue weighted by molar-refractivity contribution is -0.139. The van der Waals surface area contributed by atoms with Crippen molar-refractivity contribution in [3.8, 4) is 0 Å². The predicted octanol–water partition coefficient (Wildman–Crippen LogP) is 1.80. The summed E-state index contributed by atoms with van der Waals surface area (Å²) in [6.45, 7) is 3.12. The molecule has 1 aromatic heterocycles. The minimum atomic E-state index is -0.646. The highest BCUT2D eigenvalue weighted by Crippen LogP contribution is 2.24. The van der Waals surface area contributed by atoms with Gasteiger partial charge in [0.15, 0.2) is 0 Å². The highest BCUT2D eigenvalue weighted by molar-refractivity contribution is 5.85. The average Bonchev–Trinajstić information content (AvgIpc) is 3.06. The number of hydrogen-bond donors (Lipinski definition) is 1. The Bertz CT molecular complexity index is 657. The highest BCUT2D eigenvalue weighted by atomic mass is 16.5. The Balaban J connectivity index is 1.62. The molecule has 1 aliphatic heterocycles. The number of fused-ring (bicyclic) bond motifs is 1. The molecule has 2 aromatic rings. The summed E-state index contributed by atoms with van der Waals surface area (Å²) in [4.78, 5) is 16.8. The van der Waals surface area contributed by atoms with E-state index in [4.69, 9.17) is 4.74 Å². The summed E-state index contributed by atoms with van der Waals surface area (Å²) in [5, 5.41) is 2.97. The van der Waals surface area contributed by atoms with Crippen molar-refractivity contribution in [2.24, 2.45) is 7.05 Å². The minimum Gasteiger partial charge on any atom is -0.365 e. The van der Waals surface area contributed by atoms with Crippen LogP contribution in [0, 0.1) is 0 Å². The molecule has 1 fully saturated rings. The van der Waals surface area contributed by atoms with E-state index in [1.165, 1.54) is 0 Å². The molecular formula is C16H21N3O2. The molecule has 1 aliphatic rings. The van der Waals surface area contributed by atoms with Crippen LogP contribution in [0.15, 0.2) is 24.3 Å². The van der Waals surface area contributed by atoms with Crippen LogP contribution >= 0.6 is 0 Å². The molecule has 112 valence electrons. The van der Waals surface area contributed by atoms with Gasteiger partial charge in [0.1, 0.15) is 11.4 Å². The maximum atomic E-state index is 12.2. The van der Waals surface area contributed by atoms with Gasteiger partial charge in [0.25, 0.3) is 5.91 Å². The standard InChI is InChI=1S/C16H21N3O2/c1-16(9-5-11-21-16)15(20)17-10-8-14-18-12-6-3-4-7-13(12)19(14)2/h3-4,6-7H,5,8-11H2,1-2H3,(H,17,20). The van der Waals surface area contributed by atoms with Gasteiger partial charge >= 0.3 is 0 Å². The summed E-state index contributed by atoms with van der Waals surface area (Å²) in [6.07, 6.45) is 2.47. The van der Waals surface area contributed by atoms with E-state index in [9.17, 15) is 4.79 Å². The maximum absolute atomic E-state index is 12.2. The molecule has 1 unspecified atom stereocenters. The summed E-state index contributed by atoms with van der Waals surface area (Å²) in [7, 11) is 2.01. The number of para-hydroxylation sites is 2. The molecule has 1 N–H and O–H groups in total. The number of aryl methyl sites for hydroxylation is 1. The second-order valence-electron chi connectivity index (χ2n) is 5.76. The van der Waals surface area contributed by atoms with Crippen molar-refractivity contribution >= 4 is 16.9 Å². The van der Waals surface area contributed by atoms with Crippen molar-refractivity contribution in [1.82, 2.24) is 14.9 Å². The van der Waals surface area contributed by atoms with Gasteiger partial charge in [-0.05, 0) is 31.9 Å². The molecular weight excluding hydrogens is 266 g/mol. The van der Waals surface area contributed by atoms with E-state index in [1.54, 1.807) is 0 Å². The largest absolute Gasteiger partial charge is 0.365 e. The Morgan fingerprint density at radius 3 is 3.00 bits per heavy atom. The lowest BCUT2D eigenvalue weighted by Crippen LogP contribution is -2.44. The van der Waals surface area contributed by atoms with Crippen molar-refractivity contribution in [3.63, 3.8) is 0 Å². The smallest absolute Gasteiger partial charge is 0.251 e. The second-order valence-corrected chi connectivity index (χ2v) is 5.76. The Kier molecular flexibility index (Phi) is 3.68. The van der Waals surface area contributed by atoms with Gasteiger partial charge in [-0.2, -0.15) is 0 Å². The van der Waals surface area contributed by atoms with Crippen molar-refractivity contribution in [1.29, 1.82) is 0 Å². The van der Waals surface area contributed by atoms with Crippen LogP contribution in [0.25, 0.3) is 11.0 Å². The van der Waals surface area contributed by atoms with E-state index < -0.39 is 5.60 Å². The predicted molar refractivity (Wildman–Crippen MR) is 81.0 cm³/mol. The molecule has 0 aliphatic carbocycles. The number of nitrogens with one attached hydrogen (secondary N) is 1. The first-order valence-electron chi connectivity index (χ1n) is 7.43. The number of nitrogens with zero attached hydrogens (tertiary/aromatic N) is 2. The second kappa shape index (κ2) is 5.48. The molecule has 1 amide bonds. The summed E-state index contributed by atoms with van der Waals surface area (Å²) >= 11 is 0. The third-order valence-electron chi connectivity index (χ3n) is 4.21. The van der Waals surface area contributed by atoms with Crippen LogP contribution < -0.4 is 5.32 Å². The fourth-order valence-corrected chi connectivity index (χ4v) is 2.85. The number of carbonyl (C=O) groups excluding carboxylic acids is 1. The number of aromatic nitrogens is 2. The molecule has 0 saturated carbocycles. The molecule has 3 rings (SSSR count). The Hall–Kier alpha value is -1.88. The topological polar surface area (TPSA) is 56.2 Å². The van der Waals surface area contributed by atoms with Gasteiger partial charge in [-0.1, -0.05) is 12.1 Å². The van der Waals surface area contributed by atoms with Crippen molar-refractivity contribution in [2.45, 2.75) is 31.8 Å². The molecule has 5 nitrogen and oxygen atoms in total. The van der Waals surface area contributed by atoms with Gasteiger partial charge in [0.2, 0.25) is 0 Å². The van der Waals surface area contributed by atoms with Crippen molar-refractivity contribution in [2.75, 3.05) is 13.2 Å². The van der Waals surface area contributed by atoms with Crippen LogP contribution in [0.1, 0.15) is 25.6 Å². The van der Waals surface area contributed by atoms with E-state index in [1.807, 2.05) is 32.2 Å². The molecule has 21 heavy (non-hydrogen) atoms. The van der Waals surface area contributed by atoms with Gasteiger partial charge in [0.05, 0.1) is 11.0 Å². The first kappa shape index (κ1) is 14.1. The highest BCUT2D eigenvalue weighted by Gasteiger charge is 2.37. The third-order valence-corrected chi connectivity index (χ3v) is 4.21. The normalized spacial score (nSPS) is 21.8. The van der Waals surface area contributed by atoms with Crippen molar-refractivity contribution in [3.05, 3.63) is 30.1 Å². The van der Waals surface area contributed by atoms with Crippen LogP contribution in [-0.4, -0.2) is 34.2 Å². The van der Waals surface area contributed by atoms with Gasteiger partial charge in [-0.25, -0.2) is 4.98 Å². The average molecular weight is 287 g/mol. The summed E-state index contributed by atoms with van der Waals surface area (Å²) in [6, 6.07) is 8.05. The fraction of sp³-hybridized carbons (Fsp3) is 0.500. The zero-order valence-corrected chi connectivity index (χ0v) is 12.6. The SMILES string of the molecule is Cn1c(CCNC(=O)C2(C)CCCO2)nc2ccccc21. The number of benzene rings is 1. The van der Waals surface area contributed by atoms with Gasteiger partial charge < -0.3 is 14.6 Å². The number of ether oxygens (including phenoxy) is 1. The number of rotatable bonds is 4. The minimum absolute atomic E-state index is 0.0150. The van der Waals surface area contributed by atoms with E-state index >= 15 is 0 Å². The third kappa shape index (κ3) is 2.65. The molecule has 1 atom stereocenters. The van der Waals surface area contributed by atoms with Gasteiger partial charge in [0, 0.05) is 26.6 Å². The van der Waals surface area contributed by atoms with E-state index in [0.29, 0.717) is 19.6 Å². The Morgan fingerprint density at radius 2 is 2.29 bits per heavy atom. The van der Waals surface area contributed by atoms with Crippen LogP contribution in [0.5, 0.6) is 0 Å². The van der Waals surface area contributed by atoms with Crippen molar-refractivity contribution < 1.29 is 9.53 Å². The van der Waals surface area contributed by atoms with E-state index in [2.05, 4.69) is 20.9 Å². The van der Waals surface area contributed by atoms with Crippen LogP contribution in [0.2, 0.25) is 0 Å². The van der Waals surface area contributed by atoms with Crippen LogP contribution in [-0.2, 0) is 23.0 Å². The molecule has 0 spiro atoms.